The molecule has 3 N–H and O–H groups in total. The van der Waals surface area contributed by atoms with Gasteiger partial charge in [0.25, 0.3) is 5.91 Å². The number of nitrogens with zero attached hydrogens (tertiary/aromatic N) is 4. The Morgan fingerprint density at radius 1 is 1.14 bits per heavy atom. The van der Waals surface area contributed by atoms with E-state index in [1.54, 1.807) is 45.2 Å². The summed E-state index contributed by atoms with van der Waals surface area (Å²) < 4.78 is 7.40. The van der Waals surface area contributed by atoms with E-state index in [-0.39, 0.29) is 17.4 Å². The molecule has 0 saturated heterocycles. The molecule has 36 heavy (non-hydrogen) atoms. The predicted octanol–water partition coefficient (Wildman–Crippen LogP) is 4.32. The van der Waals surface area contributed by atoms with Crippen molar-refractivity contribution in [3.05, 3.63) is 42.1 Å². The lowest BCUT2D eigenvalue weighted by atomic mass is 9.80. The Kier molecular flexibility index (Phi) is 5.57. The highest BCUT2D eigenvalue weighted by Crippen LogP contribution is 2.44. The second-order valence-electron chi connectivity index (χ2n) is 10.2. The van der Waals surface area contributed by atoms with Gasteiger partial charge in [-0.25, -0.2) is 14.6 Å². The van der Waals surface area contributed by atoms with Crippen LogP contribution >= 0.6 is 0 Å². The highest BCUT2D eigenvalue weighted by Gasteiger charge is 2.49. The number of carbonyl (C=O) groups excluding carboxylic acids is 2. The molecular weight excluding hydrogens is 464 g/mol. The molecule has 3 heterocycles. The predicted molar refractivity (Wildman–Crippen MR) is 132 cm³/mol. The number of carboxylic acids is 1. The molecule has 1 spiro atoms. The minimum atomic E-state index is -1.01. The second-order valence-corrected chi connectivity index (χ2v) is 10.2. The third-order valence-electron chi connectivity index (χ3n) is 6.46. The van der Waals surface area contributed by atoms with Crippen LogP contribution < -0.4 is 15.8 Å². The zero-order chi connectivity index (χ0) is 25.7. The molecule has 11 nitrogen and oxygen atoms in total. The van der Waals surface area contributed by atoms with Crippen LogP contribution in [0.4, 0.5) is 22.2 Å². The molecule has 2 amide bonds. The normalized spacial score (nSPS) is 17.0. The molecular formula is C25H28N6O5. The van der Waals surface area contributed by atoms with Gasteiger partial charge in [0.15, 0.2) is 0 Å². The van der Waals surface area contributed by atoms with Gasteiger partial charge in [-0.1, -0.05) is 19.3 Å². The molecule has 2 aliphatic rings. The molecule has 2 aromatic heterocycles. The maximum absolute atomic E-state index is 13.5. The van der Waals surface area contributed by atoms with Crippen LogP contribution in [0.15, 0.2) is 36.5 Å². The highest BCUT2D eigenvalue weighted by molar-refractivity contribution is 6.01. The van der Waals surface area contributed by atoms with Crippen LogP contribution in [0.5, 0.6) is 0 Å². The molecule has 188 valence electrons. The van der Waals surface area contributed by atoms with Crippen LogP contribution in [0, 0.1) is 0 Å². The molecule has 0 unspecified atom stereocenters. The van der Waals surface area contributed by atoms with Crippen LogP contribution in [-0.4, -0.2) is 43.2 Å². The fourth-order valence-corrected chi connectivity index (χ4v) is 4.85. The average molecular weight is 493 g/mol. The highest BCUT2D eigenvalue weighted by atomic mass is 16.6. The summed E-state index contributed by atoms with van der Waals surface area (Å²) in [5.41, 5.74) is 2.47. The first-order chi connectivity index (χ1) is 17.1. The van der Waals surface area contributed by atoms with E-state index in [1.165, 1.54) is 12.1 Å². The van der Waals surface area contributed by atoms with Crippen molar-refractivity contribution in [3.8, 4) is 0 Å². The number of hydrazine groups is 1. The van der Waals surface area contributed by atoms with Crippen LogP contribution in [0.1, 0.15) is 63.2 Å². The van der Waals surface area contributed by atoms with E-state index >= 15 is 0 Å². The number of rotatable bonds is 3. The summed E-state index contributed by atoms with van der Waals surface area (Å²) in [4.78, 5) is 46.8. The number of ether oxygens (including phenoxy) is 1. The fraction of sp³-hybridized carbons (Fsp3) is 0.400. The molecule has 3 aromatic rings. The molecule has 0 atom stereocenters. The lowest BCUT2D eigenvalue weighted by Gasteiger charge is -2.44. The molecule has 1 aliphatic carbocycles. The van der Waals surface area contributed by atoms with E-state index in [9.17, 15) is 14.4 Å². The lowest BCUT2D eigenvalue weighted by molar-refractivity contribution is -0.133. The van der Waals surface area contributed by atoms with E-state index in [0.29, 0.717) is 35.4 Å². The Labute approximate surface area is 207 Å². The molecule has 11 heteroatoms. The summed E-state index contributed by atoms with van der Waals surface area (Å²) in [5.74, 6) is -0.523. The van der Waals surface area contributed by atoms with Crippen molar-refractivity contribution in [2.75, 3.05) is 10.3 Å². The maximum Gasteiger partial charge on any atom is 0.435 e. The summed E-state index contributed by atoms with van der Waals surface area (Å²) in [7, 11) is 0. The monoisotopic (exact) mass is 492 g/mol. The van der Waals surface area contributed by atoms with Gasteiger partial charge in [0.1, 0.15) is 22.6 Å². The largest absolute Gasteiger partial charge is 0.478 e. The van der Waals surface area contributed by atoms with Crippen molar-refractivity contribution in [1.29, 1.82) is 0 Å². The van der Waals surface area contributed by atoms with Crippen LogP contribution in [0.2, 0.25) is 0 Å². The van der Waals surface area contributed by atoms with Gasteiger partial charge in [-0.2, -0.15) is 9.99 Å². The first-order valence-corrected chi connectivity index (χ1v) is 11.9. The zero-order valence-corrected chi connectivity index (χ0v) is 20.4. The van der Waals surface area contributed by atoms with Crippen LogP contribution in [-0.2, 0) is 15.1 Å². The molecule has 5 rings (SSSR count). The van der Waals surface area contributed by atoms with Gasteiger partial charge in [0.2, 0.25) is 5.95 Å². The number of hydrogen-bond acceptors (Lipinski definition) is 7. The van der Waals surface area contributed by atoms with Crippen molar-refractivity contribution in [3.63, 3.8) is 0 Å². The number of carbonyl (C=O) groups is 3. The van der Waals surface area contributed by atoms with Crippen molar-refractivity contribution >= 4 is 46.5 Å². The van der Waals surface area contributed by atoms with Crippen molar-refractivity contribution in [2.45, 2.75) is 64.0 Å². The third-order valence-corrected chi connectivity index (χ3v) is 6.46. The van der Waals surface area contributed by atoms with Gasteiger partial charge in [0.05, 0.1) is 5.56 Å². The van der Waals surface area contributed by atoms with Gasteiger partial charge in [-0.3, -0.25) is 14.8 Å². The van der Waals surface area contributed by atoms with Gasteiger partial charge in [0, 0.05) is 17.3 Å². The SMILES string of the molecule is CC(C)(C)OC(=O)N1NC(=O)C2(CCCCC2)n2c1cc1cnc(Nc3ccc(C(=O)O)cc3)nc12. The molecule has 0 bridgehead atoms. The minimum Gasteiger partial charge on any atom is -0.478 e. The summed E-state index contributed by atoms with van der Waals surface area (Å²) in [6.45, 7) is 5.30. The quantitative estimate of drug-likeness (QED) is 0.491. The average Bonchev–Trinajstić information content (AvgIpc) is 3.21. The number of carboxylic acid groups (broad SMARTS) is 1. The maximum atomic E-state index is 13.5. The molecule has 1 aliphatic heterocycles. The first kappa shape index (κ1) is 23.6. The molecule has 1 fully saturated rings. The molecule has 1 saturated carbocycles. The Bertz CT molecular complexity index is 1350. The van der Waals surface area contributed by atoms with Crippen molar-refractivity contribution < 1.29 is 24.2 Å². The number of benzene rings is 1. The van der Waals surface area contributed by atoms with E-state index in [0.717, 1.165) is 24.3 Å². The van der Waals surface area contributed by atoms with Gasteiger partial charge in [-0.15, -0.1) is 0 Å². The van der Waals surface area contributed by atoms with E-state index in [1.807, 2.05) is 4.57 Å². The third kappa shape index (κ3) is 4.10. The van der Waals surface area contributed by atoms with Gasteiger partial charge < -0.3 is 15.2 Å². The Balaban J connectivity index is 1.59. The summed E-state index contributed by atoms with van der Waals surface area (Å²) in [6.07, 6.45) is 5.00. The van der Waals surface area contributed by atoms with Crippen molar-refractivity contribution in [2.24, 2.45) is 0 Å². The Morgan fingerprint density at radius 2 is 1.83 bits per heavy atom. The summed E-state index contributed by atoms with van der Waals surface area (Å²) >= 11 is 0. The Hall–Kier alpha value is -4.15. The minimum absolute atomic E-state index is 0.171. The number of aromatic carboxylic acids is 1. The Morgan fingerprint density at radius 3 is 2.47 bits per heavy atom. The summed E-state index contributed by atoms with van der Waals surface area (Å²) in [5, 5.41) is 14.0. The number of fused-ring (bicyclic) bond motifs is 4. The molecule has 0 radical (unpaired) electrons. The van der Waals surface area contributed by atoms with Gasteiger partial charge >= 0.3 is 12.1 Å². The van der Waals surface area contributed by atoms with Crippen LogP contribution in [0.3, 0.4) is 0 Å². The van der Waals surface area contributed by atoms with E-state index < -0.39 is 23.2 Å². The smallest absolute Gasteiger partial charge is 0.435 e. The zero-order valence-electron chi connectivity index (χ0n) is 20.4. The number of aromatic nitrogens is 3. The number of amides is 2. The van der Waals surface area contributed by atoms with E-state index in [4.69, 9.17) is 14.8 Å². The summed E-state index contributed by atoms with van der Waals surface area (Å²) in [6, 6.07) is 8.02. The van der Waals surface area contributed by atoms with Gasteiger partial charge in [-0.05, 0) is 63.9 Å². The van der Waals surface area contributed by atoms with Crippen molar-refractivity contribution in [1.82, 2.24) is 20.0 Å². The van der Waals surface area contributed by atoms with E-state index in [2.05, 4.69) is 15.7 Å². The fourth-order valence-electron chi connectivity index (χ4n) is 4.85. The second kappa shape index (κ2) is 8.51. The number of hydrogen-bond donors (Lipinski definition) is 3. The van der Waals surface area contributed by atoms with Crippen LogP contribution in [0.25, 0.3) is 11.0 Å². The first-order valence-electron chi connectivity index (χ1n) is 11.9. The molecule has 1 aromatic carbocycles. The number of anilines is 3. The standard InChI is InChI=1S/C25H28N6O5/c1-24(2,3)36-23(35)31-18-13-16-14-26-22(27-17-9-7-15(8-10-17)20(32)33)28-19(16)30(18)25(21(34)29-31)11-5-4-6-12-25/h7-10,13-14H,4-6,11-12H2,1-3H3,(H,29,34)(H,32,33)(H,26,27,28). The number of nitrogens with one attached hydrogen (secondary N) is 2. The lowest BCUT2D eigenvalue weighted by Crippen LogP contribution is -2.62. The topological polar surface area (TPSA) is 139 Å².